The molecule has 4 aliphatic heterocycles. The van der Waals surface area contributed by atoms with Gasteiger partial charge in [0.15, 0.2) is 6.10 Å². The molecule has 11 amide bonds. The fraction of sp³-hybridized carbons (Fsp3) is 0.571. The lowest BCUT2D eigenvalue weighted by Gasteiger charge is -2.36. The molecule has 4 aromatic rings. The van der Waals surface area contributed by atoms with Crippen LogP contribution in [0.15, 0.2) is 109 Å². The van der Waals surface area contributed by atoms with Crippen LogP contribution in [0.3, 0.4) is 0 Å². The van der Waals surface area contributed by atoms with Crippen LogP contribution in [0.2, 0.25) is 0 Å². The minimum Gasteiger partial charge on any atom is -0.493 e. The molecule has 8 rings (SSSR count). The number of likely N-dealkylation sites (N-methyl/N-ethyl adjacent to an activating group) is 2. The van der Waals surface area contributed by atoms with Gasteiger partial charge in [-0.1, -0.05) is 178 Å². The molecule has 0 aromatic heterocycles. The molecule has 2 saturated heterocycles. The number of carbonyl (C=O) groups is 12. The number of unbranched alkanes of at least 4 members (excludes halogenated alkanes) is 2. The molecule has 2 fully saturated rings. The number of amides is 11. The van der Waals surface area contributed by atoms with Crippen molar-refractivity contribution in [2.45, 2.75) is 218 Å². The third kappa shape index (κ3) is 30.0. The van der Waals surface area contributed by atoms with Gasteiger partial charge in [0, 0.05) is 84.5 Å². The zero-order valence-corrected chi connectivity index (χ0v) is 69.8. The van der Waals surface area contributed by atoms with Gasteiger partial charge in [-0.15, -0.1) is 12.4 Å². The Balaban J connectivity index is 0.000000342. The molecule has 640 valence electrons. The van der Waals surface area contributed by atoms with Crippen LogP contribution in [0.5, 0.6) is 11.5 Å². The summed E-state index contributed by atoms with van der Waals surface area (Å²) in [4.78, 5) is 161. The van der Waals surface area contributed by atoms with Gasteiger partial charge in [-0.2, -0.15) is 0 Å². The van der Waals surface area contributed by atoms with E-state index in [0.717, 1.165) is 31.2 Å². The molecule has 4 aromatic carbocycles. The van der Waals surface area contributed by atoms with Crippen molar-refractivity contribution in [2.75, 3.05) is 80.8 Å². The maximum absolute atomic E-state index is 14.4. The van der Waals surface area contributed by atoms with E-state index >= 15 is 0 Å². The highest BCUT2D eigenvalue weighted by Crippen LogP contribution is 2.32. The second-order valence-electron chi connectivity index (χ2n) is 31.9. The second-order valence-corrected chi connectivity index (χ2v) is 31.9. The van der Waals surface area contributed by atoms with E-state index in [9.17, 15) is 72.9 Å². The number of aliphatic hydroxyl groups is 2. The van der Waals surface area contributed by atoms with Crippen LogP contribution in [-0.4, -0.2) is 247 Å². The number of fused-ring (bicyclic) bond motifs is 6. The zero-order valence-electron chi connectivity index (χ0n) is 69.0. The SMILES string of the molecule is CC(C)(C)[C@@H]1NC(=O)Cc2ccccc2OCCCCO[C@@H]2C[C@@H](C(=O)O)N(C2)C1=O.CCCCC(N)C(O)C(=O)NCC(=O)N[C@H](C(=O)N(C)C)c1ccccc1.CCCCC(NC(=O)[C@@H]1C[C@@H]2CN1C(=O)[C@H](C(C)(C)C)NC(=O)Cc1ccccc1OCCCCO2)C(O)C(=O)NCC(=O)N[C@H](C(=O)N(C)C)c1ccccc1.Cl. The highest BCUT2D eigenvalue weighted by Gasteiger charge is 2.48. The molecule has 0 spiro atoms. The Morgan fingerprint density at radius 1 is 0.534 bits per heavy atom. The van der Waals surface area contributed by atoms with Crippen molar-refractivity contribution >= 4 is 83.4 Å². The lowest BCUT2D eigenvalue weighted by molar-refractivity contribution is -0.150. The summed E-state index contributed by atoms with van der Waals surface area (Å²) in [6.07, 6.45) is 3.17. The van der Waals surface area contributed by atoms with Gasteiger partial charge < -0.3 is 96.8 Å². The number of nitrogens with two attached hydrogens (primary N) is 1. The quantitative estimate of drug-likeness (QED) is 0.0491. The number of para-hydroxylation sites is 2. The molecule has 4 unspecified atom stereocenters. The fourth-order valence-electron chi connectivity index (χ4n) is 13.4. The zero-order chi connectivity index (χ0) is 84.7. The molecule has 12 N–H and O–H groups in total. The van der Waals surface area contributed by atoms with Gasteiger partial charge in [-0.3, -0.25) is 52.7 Å². The van der Waals surface area contributed by atoms with Gasteiger partial charge in [0.1, 0.15) is 53.9 Å². The molecular weight excluding hydrogens is 1520 g/mol. The highest BCUT2D eigenvalue weighted by molar-refractivity contribution is 5.96. The lowest BCUT2D eigenvalue weighted by Crippen LogP contribution is -2.59. The molecule has 31 nitrogen and oxygen atoms in total. The normalized spacial score (nSPS) is 20.4. The molecule has 116 heavy (non-hydrogen) atoms. The van der Waals surface area contributed by atoms with E-state index in [0.29, 0.717) is 86.7 Å². The summed E-state index contributed by atoms with van der Waals surface area (Å²) in [5.41, 5.74) is 7.07. The summed E-state index contributed by atoms with van der Waals surface area (Å²) >= 11 is 0. The number of ether oxygens (including phenoxy) is 4. The number of hydrogen-bond donors (Lipinski definition) is 11. The Hall–Kier alpha value is -9.79. The molecule has 0 radical (unpaired) electrons. The maximum atomic E-state index is 14.4. The summed E-state index contributed by atoms with van der Waals surface area (Å²) < 4.78 is 23.9. The number of halogens is 1. The highest BCUT2D eigenvalue weighted by atomic mass is 35.5. The summed E-state index contributed by atoms with van der Waals surface area (Å²) in [5, 5.41) is 49.5. The number of nitrogens with one attached hydrogen (secondary N) is 7. The molecule has 4 aliphatic rings. The fourth-order valence-corrected chi connectivity index (χ4v) is 13.4. The molecule has 12 atom stereocenters. The summed E-state index contributed by atoms with van der Waals surface area (Å²) in [5.74, 6) is -5.35. The number of rotatable bonds is 23. The van der Waals surface area contributed by atoms with E-state index in [2.05, 4.69) is 37.2 Å². The van der Waals surface area contributed by atoms with Crippen molar-refractivity contribution in [3.8, 4) is 11.5 Å². The van der Waals surface area contributed by atoms with Crippen LogP contribution in [0.25, 0.3) is 0 Å². The van der Waals surface area contributed by atoms with Crippen molar-refractivity contribution in [3.63, 3.8) is 0 Å². The first kappa shape index (κ1) is 96.8. The summed E-state index contributed by atoms with van der Waals surface area (Å²) in [6, 6.07) is 24.8. The Kier molecular flexibility index (Phi) is 39.6. The Bertz CT molecular complexity index is 3880. The van der Waals surface area contributed by atoms with Gasteiger partial charge in [0.25, 0.3) is 11.8 Å². The van der Waals surface area contributed by atoms with Crippen LogP contribution >= 0.6 is 12.4 Å². The number of carboxylic acids is 1. The Morgan fingerprint density at radius 2 is 0.914 bits per heavy atom. The second kappa shape index (κ2) is 47.4. The number of benzene rings is 4. The molecule has 0 saturated carbocycles. The minimum absolute atomic E-state index is 0. The Labute approximate surface area is 687 Å². The smallest absolute Gasteiger partial charge is 0.326 e. The van der Waals surface area contributed by atoms with Crippen LogP contribution < -0.4 is 52.4 Å². The standard InChI is InChI=1S/C42H60N6O9.C23H32N2O6.C19H30N4O4.ClH/c1-7-8-19-30(36(51)39(53)43-25-34(50)45-35(40(54)47(5)6)27-16-10-9-11-17-27)44-38(52)31-24-29-26-48(31)41(55)37(42(2,3)4)46-33(49)23-28-18-12-13-20-32(28)57-22-15-14-21-56-29;1-23(2,3)20-21(27)25-14-16(13-17(25)22(28)29)30-10-6-7-11-31-18-9-5-4-8-15(18)12-19(26)24-20;1-4-5-11-14(20)17(25)18(26)21-12-15(24)22-16(19(27)23(2)3)13-9-7-6-8-10-13;/h9-13,16-18,20,29-31,35-37,51H,7-8,14-15,19,21-26H2,1-6H3,(H,43,53)(H,44,52)(H,45,50)(H,46,49);4-5,8-9,16-17,20H,6-7,10-14H2,1-3H3,(H,24,26)(H,28,29);6-10,14,16-17,25H,4-5,11-12,20H2,1-3H3,(H,21,26)(H,22,24);1H/t29-,30?,31+,35+,36?,37-;16-,17+,20-;14?,16-,17?;/m110./s1. The third-order valence-electron chi connectivity index (χ3n) is 20.0. The monoisotopic (exact) mass is 1640 g/mol. The van der Waals surface area contributed by atoms with Gasteiger partial charge in [-0.05, 0) is 72.6 Å². The van der Waals surface area contributed by atoms with E-state index in [1.165, 1.54) is 19.6 Å². The minimum atomic E-state index is -1.74. The average Bonchev–Trinajstić information content (AvgIpc) is 1.63. The van der Waals surface area contributed by atoms with Crippen molar-refractivity contribution in [3.05, 3.63) is 131 Å². The van der Waals surface area contributed by atoms with Gasteiger partial charge in [0.05, 0.1) is 57.4 Å². The first-order chi connectivity index (χ1) is 54.5. The lowest BCUT2D eigenvalue weighted by atomic mass is 9.85. The van der Waals surface area contributed by atoms with Gasteiger partial charge in [-0.25, -0.2) is 4.79 Å². The number of aliphatic carboxylic acids is 1. The first-order valence-electron chi connectivity index (χ1n) is 39.7. The van der Waals surface area contributed by atoms with Crippen LogP contribution in [0.1, 0.15) is 167 Å². The van der Waals surface area contributed by atoms with Gasteiger partial charge in [0.2, 0.25) is 53.2 Å². The van der Waals surface area contributed by atoms with E-state index in [-0.39, 0.29) is 93.9 Å². The van der Waals surface area contributed by atoms with E-state index in [1.807, 2.05) is 110 Å². The summed E-state index contributed by atoms with van der Waals surface area (Å²) in [7, 11) is 6.33. The van der Waals surface area contributed by atoms with Crippen LogP contribution in [0, 0.1) is 10.8 Å². The molecule has 32 heteroatoms. The molecule has 4 heterocycles. The predicted molar refractivity (Wildman–Crippen MR) is 436 cm³/mol. The number of carboxylic acid groups (broad SMARTS) is 1. The van der Waals surface area contributed by atoms with E-state index < -0.39 is 131 Å². The van der Waals surface area contributed by atoms with Crippen molar-refractivity contribution in [2.24, 2.45) is 16.6 Å². The maximum Gasteiger partial charge on any atom is 0.326 e. The van der Waals surface area contributed by atoms with E-state index in [1.54, 1.807) is 82.8 Å². The molecule has 0 aliphatic carbocycles. The van der Waals surface area contributed by atoms with E-state index in [4.69, 9.17) is 24.7 Å². The molecular formula is C84H123ClN12O19. The van der Waals surface area contributed by atoms with Crippen LogP contribution in [0.4, 0.5) is 0 Å². The number of hydrogen-bond acceptors (Lipinski definition) is 19. The topological polar surface area (TPSA) is 426 Å². The van der Waals surface area contributed by atoms with Crippen molar-refractivity contribution in [1.29, 1.82) is 0 Å². The largest absolute Gasteiger partial charge is 0.493 e. The number of aliphatic hydroxyl groups excluding tert-OH is 2. The molecule has 4 bridgehead atoms. The predicted octanol–water partition coefficient (Wildman–Crippen LogP) is 4.37. The Morgan fingerprint density at radius 3 is 1.32 bits per heavy atom. The average molecular weight is 1640 g/mol. The number of nitrogens with zero attached hydrogens (tertiary/aromatic N) is 4. The first-order valence-corrected chi connectivity index (χ1v) is 39.7. The van der Waals surface area contributed by atoms with Crippen molar-refractivity contribution in [1.82, 2.24) is 56.8 Å². The third-order valence-corrected chi connectivity index (χ3v) is 20.0. The number of carbonyl (C=O) groups excluding carboxylic acids is 11. The van der Waals surface area contributed by atoms with Crippen LogP contribution in [-0.2, 0) is 79.8 Å². The van der Waals surface area contributed by atoms with Crippen molar-refractivity contribution < 1.29 is 91.8 Å². The summed E-state index contributed by atoms with van der Waals surface area (Å²) in [6.45, 7) is 16.2. The van der Waals surface area contributed by atoms with Gasteiger partial charge >= 0.3 is 5.97 Å².